The van der Waals surface area contributed by atoms with Crippen LogP contribution in [0.1, 0.15) is 6.42 Å². The van der Waals surface area contributed by atoms with Crippen LogP contribution in [-0.4, -0.2) is 31.3 Å². The Labute approximate surface area is 112 Å². The van der Waals surface area contributed by atoms with Gasteiger partial charge < -0.3 is 20.5 Å². The molecule has 1 heterocycles. The van der Waals surface area contributed by atoms with Crippen LogP contribution in [0, 0.1) is 5.82 Å². The molecule has 1 aromatic carbocycles. The first-order chi connectivity index (χ1) is 9.40. The molecule has 2 rings (SSSR count). The lowest BCUT2D eigenvalue weighted by atomic mass is 9.99. The van der Waals surface area contributed by atoms with Gasteiger partial charge in [-0.2, -0.15) is 8.78 Å². The van der Waals surface area contributed by atoms with E-state index in [9.17, 15) is 18.0 Å². The summed E-state index contributed by atoms with van der Waals surface area (Å²) in [4.78, 5) is 11.9. The van der Waals surface area contributed by atoms with Crippen molar-refractivity contribution < 1.29 is 27.4 Å². The van der Waals surface area contributed by atoms with Crippen molar-refractivity contribution in [1.82, 2.24) is 0 Å². The van der Waals surface area contributed by atoms with Gasteiger partial charge in [0.25, 0.3) is 0 Å². The third-order valence-corrected chi connectivity index (χ3v) is 2.91. The molecule has 0 aromatic heterocycles. The van der Waals surface area contributed by atoms with E-state index in [4.69, 9.17) is 10.5 Å². The number of anilines is 1. The molecule has 0 spiro atoms. The number of amides is 1. The van der Waals surface area contributed by atoms with Gasteiger partial charge >= 0.3 is 6.61 Å². The van der Waals surface area contributed by atoms with Gasteiger partial charge in [0, 0.05) is 18.4 Å². The minimum Gasteiger partial charge on any atom is -0.432 e. The number of hydrogen-bond donors (Lipinski definition) is 2. The van der Waals surface area contributed by atoms with E-state index >= 15 is 0 Å². The zero-order valence-electron chi connectivity index (χ0n) is 10.4. The molecule has 3 N–H and O–H groups in total. The Kier molecular flexibility index (Phi) is 4.15. The van der Waals surface area contributed by atoms with E-state index in [1.54, 1.807) is 0 Å². The first-order valence-electron chi connectivity index (χ1n) is 5.83. The fourth-order valence-electron chi connectivity index (χ4n) is 1.79. The molecule has 5 nitrogen and oxygen atoms in total. The number of rotatable bonds is 4. The second-order valence-electron chi connectivity index (χ2n) is 4.44. The Morgan fingerprint density at radius 1 is 1.50 bits per heavy atom. The molecular formula is C12H13F3N2O3. The quantitative estimate of drug-likeness (QED) is 0.881. The number of carbonyl (C=O) groups excluding carboxylic acids is 1. The molecule has 1 atom stereocenters. The van der Waals surface area contributed by atoms with Crippen molar-refractivity contribution in [2.75, 3.05) is 18.5 Å². The monoisotopic (exact) mass is 290 g/mol. The minimum absolute atomic E-state index is 0.0773. The molecular weight excluding hydrogens is 277 g/mol. The topological polar surface area (TPSA) is 73.6 Å². The standard InChI is InChI=1S/C12H13F3N2O3/c13-8-5-7(1-2-9(8)20-11(14)15)17-10(18)12(16)3-4-19-6-12/h1-2,5,11H,3-4,6,16H2,(H,17,18). The molecule has 0 saturated carbocycles. The molecule has 20 heavy (non-hydrogen) atoms. The lowest BCUT2D eigenvalue weighted by molar-refractivity contribution is -0.121. The highest BCUT2D eigenvalue weighted by molar-refractivity contribution is 5.98. The molecule has 1 amide bonds. The summed E-state index contributed by atoms with van der Waals surface area (Å²) in [5.41, 5.74) is 4.77. The summed E-state index contributed by atoms with van der Waals surface area (Å²) in [5, 5.41) is 2.42. The normalized spacial score (nSPS) is 22.1. The molecule has 0 aliphatic carbocycles. The summed E-state index contributed by atoms with van der Waals surface area (Å²) in [6.07, 6.45) is 0.355. The molecule has 1 aliphatic heterocycles. The highest BCUT2D eigenvalue weighted by Gasteiger charge is 2.38. The summed E-state index contributed by atoms with van der Waals surface area (Å²) in [6, 6.07) is 3.14. The molecule has 0 radical (unpaired) electrons. The number of carbonyl (C=O) groups is 1. The first kappa shape index (κ1) is 14.6. The molecule has 1 aliphatic rings. The van der Waals surface area contributed by atoms with Crippen molar-refractivity contribution in [2.45, 2.75) is 18.6 Å². The lowest BCUT2D eigenvalue weighted by Gasteiger charge is -2.20. The Morgan fingerprint density at radius 3 is 2.80 bits per heavy atom. The van der Waals surface area contributed by atoms with Crippen LogP contribution in [-0.2, 0) is 9.53 Å². The average Bonchev–Trinajstić information content (AvgIpc) is 2.81. The number of nitrogens with two attached hydrogens (primary N) is 1. The van der Waals surface area contributed by atoms with Crippen molar-refractivity contribution in [1.29, 1.82) is 0 Å². The average molecular weight is 290 g/mol. The van der Waals surface area contributed by atoms with Gasteiger partial charge in [-0.1, -0.05) is 0 Å². The minimum atomic E-state index is -3.12. The van der Waals surface area contributed by atoms with Crippen LogP contribution in [0.5, 0.6) is 5.75 Å². The third-order valence-electron chi connectivity index (χ3n) is 2.91. The van der Waals surface area contributed by atoms with Gasteiger partial charge in [0.15, 0.2) is 11.6 Å². The number of alkyl halides is 2. The molecule has 0 bridgehead atoms. The fraction of sp³-hybridized carbons (Fsp3) is 0.417. The van der Waals surface area contributed by atoms with Crippen molar-refractivity contribution >= 4 is 11.6 Å². The maximum atomic E-state index is 13.5. The van der Waals surface area contributed by atoms with Gasteiger partial charge in [0.2, 0.25) is 5.91 Å². The largest absolute Gasteiger partial charge is 0.432 e. The summed E-state index contributed by atoms with van der Waals surface area (Å²) in [5.74, 6) is -2.11. The van der Waals surface area contributed by atoms with Gasteiger partial charge in [0.1, 0.15) is 5.54 Å². The van der Waals surface area contributed by atoms with Crippen LogP contribution in [0.2, 0.25) is 0 Å². The Hall–Kier alpha value is -1.80. The first-order valence-corrected chi connectivity index (χ1v) is 5.83. The molecule has 1 saturated heterocycles. The van der Waals surface area contributed by atoms with E-state index in [1.807, 2.05) is 0 Å². The van der Waals surface area contributed by atoms with Gasteiger partial charge in [0.05, 0.1) is 6.61 Å². The van der Waals surface area contributed by atoms with Gasteiger partial charge in [-0.15, -0.1) is 0 Å². The van der Waals surface area contributed by atoms with E-state index in [0.717, 1.165) is 12.1 Å². The molecule has 1 aromatic rings. The van der Waals surface area contributed by atoms with Crippen molar-refractivity contribution in [3.63, 3.8) is 0 Å². The Bertz CT molecular complexity index is 505. The highest BCUT2D eigenvalue weighted by Crippen LogP contribution is 2.24. The van der Waals surface area contributed by atoms with Crippen molar-refractivity contribution in [2.24, 2.45) is 5.73 Å². The molecule has 1 unspecified atom stereocenters. The zero-order chi connectivity index (χ0) is 14.8. The van der Waals surface area contributed by atoms with Gasteiger partial charge in [-0.25, -0.2) is 4.39 Å². The molecule has 110 valence electrons. The number of hydrogen-bond acceptors (Lipinski definition) is 4. The Morgan fingerprint density at radius 2 is 2.25 bits per heavy atom. The van der Waals surface area contributed by atoms with Gasteiger partial charge in [-0.3, -0.25) is 4.79 Å². The summed E-state index contributed by atoms with van der Waals surface area (Å²) < 4.78 is 46.4. The Balaban J connectivity index is 2.06. The molecule has 1 fully saturated rings. The van der Waals surface area contributed by atoms with E-state index < -0.39 is 29.6 Å². The van der Waals surface area contributed by atoms with Crippen molar-refractivity contribution in [3.8, 4) is 5.75 Å². The lowest BCUT2D eigenvalue weighted by Crippen LogP contribution is -2.51. The summed E-state index contributed by atoms with van der Waals surface area (Å²) in [6.45, 7) is -2.67. The maximum absolute atomic E-state index is 13.5. The van der Waals surface area contributed by atoms with Crippen molar-refractivity contribution in [3.05, 3.63) is 24.0 Å². The van der Waals surface area contributed by atoms with E-state index in [0.29, 0.717) is 13.0 Å². The second kappa shape index (κ2) is 5.68. The van der Waals surface area contributed by atoms with Gasteiger partial charge in [-0.05, 0) is 18.6 Å². The number of benzene rings is 1. The predicted molar refractivity (Wildman–Crippen MR) is 64.0 cm³/mol. The van der Waals surface area contributed by atoms with Crippen LogP contribution in [0.4, 0.5) is 18.9 Å². The van der Waals surface area contributed by atoms with Crippen LogP contribution < -0.4 is 15.8 Å². The van der Waals surface area contributed by atoms with E-state index in [-0.39, 0.29) is 12.3 Å². The highest BCUT2D eigenvalue weighted by atomic mass is 19.3. The smallest absolute Gasteiger partial charge is 0.387 e. The summed E-state index contributed by atoms with van der Waals surface area (Å²) in [7, 11) is 0. The number of ether oxygens (including phenoxy) is 2. The zero-order valence-corrected chi connectivity index (χ0v) is 10.4. The van der Waals surface area contributed by atoms with E-state index in [1.165, 1.54) is 6.07 Å². The number of halogens is 3. The van der Waals surface area contributed by atoms with E-state index in [2.05, 4.69) is 10.1 Å². The fourth-order valence-corrected chi connectivity index (χ4v) is 1.79. The van der Waals surface area contributed by atoms with Crippen LogP contribution in [0.3, 0.4) is 0 Å². The predicted octanol–water partition coefficient (Wildman–Crippen LogP) is 1.48. The maximum Gasteiger partial charge on any atom is 0.387 e. The summed E-state index contributed by atoms with van der Waals surface area (Å²) >= 11 is 0. The molecule has 8 heteroatoms. The second-order valence-corrected chi connectivity index (χ2v) is 4.44. The third kappa shape index (κ3) is 3.20. The van der Waals surface area contributed by atoms with Crippen LogP contribution >= 0.6 is 0 Å². The van der Waals surface area contributed by atoms with Crippen LogP contribution in [0.25, 0.3) is 0 Å². The number of nitrogens with one attached hydrogen (secondary N) is 1. The SMILES string of the molecule is NC1(C(=O)Nc2ccc(OC(F)F)c(F)c2)CCOC1. The van der Waals surface area contributed by atoms with Crippen LogP contribution in [0.15, 0.2) is 18.2 Å².